The van der Waals surface area contributed by atoms with Crippen LogP contribution in [0.25, 0.3) is 10.4 Å². The largest absolute Gasteiger partial charge is 0.398 e. The molecule has 0 aromatic heterocycles. The van der Waals surface area contributed by atoms with Gasteiger partial charge in [0.1, 0.15) is 0 Å². The van der Waals surface area contributed by atoms with Crippen molar-refractivity contribution in [2.24, 2.45) is 5.11 Å². The lowest BCUT2D eigenvalue weighted by atomic mass is 10.0. The van der Waals surface area contributed by atoms with E-state index in [0.29, 0.717) is 13.0 Å². The molecule has 4 nitrogen and oxygen atoms in total. The molecule has 0 fully saturated rings. The summed E-state index contributed by atoms with van der Waals surface area (Å²) in [6.07, 6.45) is 0.576. The van der Waals surface area contributed by atoms with Crippen LogP contribution in [0.3, 0.4) is 0 Å². The number of azide groups is 1. The second kappa shape index (κ2) is 5.69. The van der Waals surface area contributed by atoms with Gasteiger partial charge in [0.25, 0.3) is 0 Å². The Kier molecular flexibility index (Phi) is 4.26. The van der Waals surface area contributed by atoms with Gasteiger partial charge in [-0.05, 0) is 42.6 Å². The number of aryl methyl sites for hydroxylation is 2. The number of nitrogens with zero attached hydrogens (tertiary/aromatic N) is 3. The van der Waals surface area contributed by atoms with Crippen LogP contribution < -0.4 is 5.73 Å². The normalized spacial score (nSPS) is 8.88. The van der Waals surface area contributed by atoms with E-state index in [4.69, 9.17) is 11.3 Å². The molecule has 0 unspecified atom stereocenters. The maximum absolute atomic E-state index is 8.08. The lowest BCUT2D eigenvalue weighted by Gasteiger charge is -2.04. The SMILES string of the molecule is Cc1cc(C#CCCN=[N+]=[N-])cc(C)c1N. The number of benzene rings is 1. The second-order valence-electron chi connectivity index (χ2n) is 3.53. The first-order valence-corrected chi connectivity index (χ1v) is 5.01. The third-order valence-electron chi connectivity index (χ3n) is 2.23. The summed E-state index contributed by atoms with van der Waals surface area (Å²) in [5, 5.41) is 3.41. The van der Waals surface area contributed by atoms with Crippen molar-refractivity contribution in [1.29, 1.82) is 0 Å². The molecule has 0 heterocycles. The molecule has 82 valence electrons. The van der Waals surface area contributed by atoms with Crippen LogP contribution in [0.15, 0.2) is 17.2 Å². The van der Waals surface area contributed by atoms with E-state index in [1.165, 1.54) is 0 Å². The van der Waals surface area contributed by atoms with Gasteiger partial charge in [-0.3, -0.25) is 0 Å². The molecule has 16 heavy (non-hydrogen) atoms. The first-order chi connectivity index (χ1) is 7.65. The molecule has 2 N–H and O–H groups in total. The molecule has 4 heteroatoms. The Morgan fingerprint density at radius 3 is 2.56 bits per heavy atom. The van der Waals surface area contributed by atoms with Crippen LogP contribution in [0.2, 0.25) is 0 Å². The van der Waals surface area contributed by atoms with Crippen LogP contribution in [-0.2, 0) is 0 Å². The maximum atomic E-state index is 8.08. The molecule has 1 aromatic rings. The Morgan fingerprint density at radius 1 is 1.38 bits per heavy atom. The van der Waals surface area contributed by atoms with Gasteiger partial charge in [-0.15, -0.1) is 0 Å². The Hall–Kier alpha value is -2.11. The highest BCUT2D eigenvalue weighted by atomic mass is 15.1. The maximum Gasteiger partial charge on any atom is 0.0374 e. The van der Waals surface area contributed by atoms with Crippen molar-refractivity contribution in [2.75, 3.05) is 12.3 Å². The minimum Gasteiger partial charge on any atom is -0.398 e. The lowest BCUT2D eigenvalue weighted by molar-refractivity contribution is 1.01. The van der Waals surface area contributed by atoms with E-state index in [1.807, 2.05) is 26.0 Å². The van der Waals surface area contributed by atoms with Crippen molar-refractivity contribution in [3.8, 4) is 11.8 Å². The molecule has 0 amide bonds. The highest BCUT2D eigenvalue weighted by Crippen LogP contribution is 2.17. The summed E-state index contributed by atoms with van der Waals surface area (Å²) in [6, 6.07) is 3.92. The molecule has 0 spiro atoms. The van der Waals surface area contributed by atoms with Gasteiger partial charge >= 0.3 is 0 Å². The van der Waals surface area contributed by atoms with Crippen molar-refractivity contribution in [2.45, 2.75) is 20.3 Å². The minimum atomic E-state index is 0.413. The third-order valence-corrected chi connectivity index (χ3v) is 2.23. The summed E-state index contributed by atoms with van der Waals surface area (Å²) in [7, 11) is 0. The average Bonchev–Trinajstić information content (AvgIpc) is 2.25. The summed E-state index contributed by atoms with van der Waals surface area (Å²) >= 11 is 0. The molecule has 0 aliphatic rings. The van der Waals surface area contributed by atoms with Crippen molar-refractivity contribution >= 4 is 5.69 Å². The average molecular weight is 214 g/mol. The summed E-state index contributed by atoms with van der Waals surface area (Å²) in [5.41, 5.74) is 17.8. The van der Waals surface area contributed by atoms with Crippen molar-refractivity contribution in [3.05, 3.63) is 39.3 Å². The van der Waals surface area contributed by atoms with Crippen LogP contribution in [-0.4, -0.2) is 6.54 Å². The molecule has 0 atom stereocenters. The predicted octanol–water partition coefficient (Wildman–Crippen LogP) is 2.94. The predicted molar refractivity (Wildman–Crippen MR) is 65.8 cm³/mol. The molecule has 1 aromatic carbocycles. The first kappa shape index (κ1) is 12.0. The van der Waals surface area contributed by atoms with Crippen LogP contribution >= 0.6 is 0 Å². The Labute approximate surface area is 95.1 Å². The number of anilines is 1. The van der Waals surface area contributed by atoms with Gasteiger partial charge in [0, 0.05) is 29.1 Å². The highest BCUT2D eigenvalue weighted by molar-refractivity contribution is 5.57. The Morgan fingerprint density at radius 2 is 2.00 bits per heavy atom. The van der Waals surface area contributed by atoms with Crippen LogP contribution in [0, 0.1) is 25.7 Å². The monoisotopic (exact) mass is 214 g/mol. The molecule has 0 aliphatic heterocycles. The first-order valence-electron chi connectivity index (χ1n) is 5.01. The number of hydrogen-bond donors (Lipinski definition) is 1. The topological polar surface area (TPSA) is 74.8 Å². The summed E-state index contributed by atoms with van der Waals surface area (Å²) in [5.74, 6) is 5.98. The zero-order valence-corrected chi connectivity index (χ0v) is 9.49. The van der Waals surface area contributed by atoms with Gasteiger partial charge in [0.15, 0.2) is 0 Å². The quantitative estimate of drug-likeness (QED) is 0.202. The van der Waals surface area contributed by atoms with Gasteiger partial charge in [0.2, 0.25) is 0 Å². The summed E-state index contributed by atoms with van der Waals surface area (Å²) < 4.78 is 0. The van der Waals surface area contributed by atoms with Gasteiger partial charge in [0.05, 0.1) is 0 Å². The molecule has 0 bridgehead atoms. The lowest BCUT2D eigenvalue weighted by Crippen LogP contribution is -1.94. The van der Waals surface area contributed by atoms with Gasteiger partial charge in [-0.2, -0.15) is 0 Å². The van der Waals surface area contributed by atoms with Crippen LogP contribution in [0.4, 0.5) is 5.69 Å². The van der Waals surface area contributed by atoms with E-state index in [1.54, 1.807) is 0 Å². The number of nitrogens with two attached hydrogens (primary N) is 1. The smallest absolute Gasteiger partial charge is 0.0374 e. The summed E-state index contributed by atoms with van der Waals surface area (Å²) in [6.45, 7) is 4.34. The van der Waals surface area contributed by atoms with E-state index in [9.17, 15) is 0 Å². The van der Waals surface area contributed by atoms with Crippen molar-refractivity contribution in [1.82, 2.24) is 0 Å². The Balaban J connectivity index is 2.78. The molecular weight excluding hydrogens is 200 g/mol. The zero-order chi connectivity index (χ0) is 12.0. The van der Waals surface area contributed by atoms with Gasteiger partial charge < -0.3 is 5.73 Å². The molecular formula is C12H14N4. The molecule has 0 saturated carbocycles. The standard InChI is InChI=1S/C12H14N4/c1-9-7-11(8-10(2)12(9)13)5-3-4-6-15-16-14/h7-8H,4,6,13H2,1-2H3. The van der Waals surface area contributed by atoms with E-state index in [2.05, 4.69) is 21.9 Å². The molecule has 0 radical (unpaired) electrons. The fourth-order valence-corrected chi connectivity index (χ4v) is 1.36. The van der Waals surface area contributed by atoms with E-state index >= 15 is 0 Å². The molecule has 0 aliphatic carbocycles. The number of rotatable bonds is 2. The van der Waals surface area contributed by atoms with Crippen LogP contribution in [0.5, 0.6) is 0 Å². The number of nitrogen functional groups attached to an aromatic ring is 1. The minimum absolute atomic E-state index is 0.413. The Bertz CT molecular complexity index is 464. The fourth-order valence-electron chi connectivity index (χ4n) is 1.36. The summed E-state index contributed by atoms with van der Waals surface area (Å²) in [4.78, 5) is 2.66. The van der Waals surface area contributed by atoms with Gasteiger partial charge in [-0.1, -0.05) is 17.0 Å². The molecule has 1 rings (SSSR count). The zero-order valence-electron chi connectivity index (χ0n) is 9.49. The van der Waals surface area contributed by atoms with Crippen molar-refractivity contribution in [3.63, 3.8) is 0 Å². The van der Waals surface area contributed by atoms with Crippen molar-refractivity contribution < 1.29 is 0 Å². The van der Waals surface area contributed by atoms with E-state index in [0.717, 1.165) is 22.4 Å². The number of hydrogen-bond acceptors (Lipinski definition) is 2. The second-order valence-corrected chi connectivity index (χ2v) is 3.53. The highest BCUT2D eigenvalue weighted by Gasteiger charge is 1.98. The van der Waals surface area contributed by atoms with Crippen LogP contribution in [0.1, 0.15) is 23.1 Å². The third kappa shape index (κ3) is 3.23. The van der Waals surface area contributed by atoms with E-state index in [-0.39, 0.29) is 0 Å². The van der Waals surface area contributed by atoms with Gasteiger partial charge in [-0.25, -0.2) is 0 Å². The van der Waals surface area contributed by atoms with E-state index < -0.39 is 0 Å². The molecule has 0 saturated heterocycles. The fraction of sp³-hybridized carbons (Fsp3) is 0.333.